The van der Waals surface area contributed by atoms with Gasteiger partial charge in [-0.3, -0.25) is 0 Å². The first-order valence-corrected chi connectivity index (χ1v) is 7.81. The number of hydrogen-bond acceptors (Lipinski definition) is 2. The molecule has 0 amide bonds. The molecule has 0 aliphatic heterocycles. The van der Waals surface area contributed by atoms with Crippen LogP contribution >= 0.6 is 0 Å². The molecule has 0 atom stereocenters. The van der Waals surface area contributed by atoms with Crippen LogP contribution in [0, 0.1) is 5.82 Å². The highest BCUT2D eigenvalue weighted by molar-refractivity contribution is 5.38. The van der Waals surface area contributed by atoms with Crippen molar-refractivity contribution in [3.8, 4) is 5.69 Å². The molecule has 4 heteroatoms. The molecule has 112 valence electrons. The molecule has 0 spiro atoms. The molecule has 0 radical (unpaired) electrons. The molecule has 21 heavy (non-hydrogen) atoms. The van der Waals surface area contributed by atoms with E-state index in [4.69, 9.17) is 5.10 Å². The summed E-state index contributed by atoms with van der Waals surface area (Å²) in [6.07, 6.45) is 4.35. The summed E-state index contributed by atoms with van der Waals surface area (Å²) in [5.74, 6) is -0.222. The average Bonchev–Trinajstić information content (AvgIpc) is 3.24. The molecule has 1 N–H and O–H groups in total. The average molecular weight is 287 g/mol. The predicted octanol–water partition coefficient (Wildman–Crippen LogP) is 3.39. The molecular weight excluding hydrogens is 265 g/mol. The zero-order chi connectivity index (χ0) is 14.8. The second-order valence-corrected chi connectivity index (χ2v) is 5.63. The van der Waals surface area contributed by atoms with Gasteiger partial charge >= 0.3 is 0 Å². The maximum Gasteiger partial charge on any atom is 0.125 e. The minimum absolute atomic E-state index is 0.222. The van der Waals surface area contributed by atoms with Gasteiger partial charge in [0, 0.05) is 23.8 Å². The number of halogens is 1. The van der Waals surface area contributed by atoms with Crippen molar-refractivity contribution in [2.45, 2.75) is 52.1 Å². The minimum atomic E-state index is -0.222. The Bertz CT molecular complexity index is 629. The van der Waals surface area contributed by atoms with Gasteiger partial charge in [-0.1, -0.05) is 19.9 Å². The molecule has 3 nitrogen and oxygen atoms in total. The van der Waals surface area contributed by atoms with Crippen molar-refractivity contribution in [1.82, 2.24) is 15.1 Å². The minimum Gasteiger partial charge on any atom is -0.310 e. The van der Waals surface area contributed by atoms with Crippen molar-refractivity contribution in [3.05, 3.63) is 47.0 Å². The molecule has 1 aliphatic carbocycles. The molecule has 0 unspecified atom stereocenters. The topological polar surface area (TPSA) is 29.9 Å². The fourth-order valence-corrected chi connectivity index (χ4v) is 2.74. The summed E-state index contributed by atoms with van der Waals surface area (Å²) in [5, 5.41) is 8.29. The lowest BCUT2D eigenvalue weighted by molar-refractivity contribution is 0.624. The van der Waals surface area contributed by atoms with Crippen LogP contribution in [0.5, 0.6) is 0 Å². The second kappa shape index (κ2) is 5.98. The molecule has 1 aromatic heterocycles. The Labute approximate surface area is 125 Å². The van der Waals surface area contributed by atoms with E-state index in [-0.39, 0.29) is 5.82 Å². The van der Waals surface area contributed by atoms with Crippen molar-refractivity contribution in [2.75, 3.05) is 0 Å². The smallest absolute Gasteiger partial charge is 0.125 e. The van der Waals surface area contributed by atoms with E-state index in [1.807, 2.05) is 10.7 Å². The number of aromatic nitrogens is 2. The van der Waals surface area contributed by atoms with Crippen LogP contribution in [-0.2, 0) is 19.4 Å². The third kappa shape index (κ3) is 3.00. The number of benzene rings is 1. The van der Waals surface area contributed by atoms with Crippen LogP contribution in [0.1, 0.15) is 43.6 Å². The van der Waals surface area contributed by atoms with Crippen LogP contribution in [0.4, 0.5) is 4.39 Å². The molecular formula is C17H22FN3. The van der Waals surface area contributed by atoms with Crippen LogP contribution in [0.2, 0.25) is 0 Å². The van der Waals surface area contributed by atoms with Crippen LogP contribution in [0.15, 0.2) is 24.3 Å². The highest BCUT2D eigenvalue weighted by Crippen LogP contribution is 2.24. The van der Waals surface area contributed by atoms with Crippen LogP contribution in [0.25, 0.3) is 5.69 Å². The van der Waals surface area contributed by atoms with Crippen LogP contribution in [-0.4, -0.2) is 15.8 Å². The quantitative estimate of drug-likeness (QED) is 0.882. The lowest BCUT2D eigenvalue weighted by atomic mass is 10.1. The van der Waals surface area contributed by atoms with E-state index in [0.29, 0.717) is 6.04 Å². The molecule has 1 heterocycles. The summed E-state index contributed by atoms with van der Waals surface area (Å²) in [6, 6.07) is 7.34. The summed E-state index contributed by atoms with van der Waals surface area (Å²) in [4.78, 5) is 0. The summed E-state index contributed by atoms with van der Waals surface area (Å²) in [5.41, 5.74) is 4.39. The van der Waals surface area contributed by atoms with Gasteiger partial charge in [0.1, 0.15) is 5.82 Å². The summed E-state index contributed by atoms with van der Waals surface area (Å²) < 4.78 is 15.4. The second-order valence-electron chi connectivity index (χ2n) is 5.63. The van der Waals surface area contributed by atoms with Gasteiger partial charge in [-0.05, 0) is 43.9 Å². The Kier molecular flexibility index (Phi) is 4.06. The molecule has 3 rings (SSSR count). The van der Waals surface area contributed by atoms with Crippen LogP contribution < -0.4 is 5.32 Å². The van der Waals surface area contributed by atoms with Crippen molar-refractivity contribution >= 4 is 0 Å². The van der Waals surface area contributed by atoms with Gasteiger partial charge in [-0.2, -0.15) is 5.10 Å². The molecule has 1 aromatic carbocycles. The zero-order valence-corrected chi connectivity index (χ0v) is 12.7. The Morgan fingerprint density at radius 2 is 2.10 bits per heavy atom. The Morgan fingerprint density at radius 1 is 1.29 bits per heavy atom. The van der Waals surface area contributed by atoms with Crippen molar-refractivity contribution < 1.29 is 4.39 Å². The molecule has 0 saturated heterocycles. The third-order valence-corrected chi connectivity index (χ3v) is 4.04. The van der Waals surface area contributed by atoms with Gasteiger partial charge in [-0.15, -0.1) is 0 Å². The van der Waals surface area contributed by atoms with E-state index in [1.165, 1.54) is 30.2 Å². The Hall–Kier alpha value is -1.68. The maximum absolute atomic E-state index is 13.5. The van der Waals surface area contributed by atoms with Crippen molar-refractivity contribution in [3.63, 3.8) is 0 Å². The summed E-state index contributed by atoms with van der Waals surface area (Å²) in [7, 11) is 0. The molecule has 0 bridgehead atoms. The lowest BCUT2D eigenvalue weighted by Crippen LogP contribution is -2.17. The number of aryl methyl sites for hydroxylation is 1. The van der Waals surface area contributed by atoms with E-state index in [0.717, 1.165) is 30.8 Å². The van der Waals surface area contributed by atoms with Gasteiger partial charge in [0.25, 0.3) is 0 Å². The Balaban J connectivity index is 1.99. The van der Waals surface area contributed by atoms with E-state index in [9.17, 15) is 4.39 Å². The first-order valence-electron chi connectivity index (χ1n) is 7.81. The molecule has 1 aliphatic rings. The van der Waals surface area contributed by atoms with E-state index >= 15 is 0 Å². The van der Waals surface area contributed by atoms with Gasteiger partial charge < -0.3 is 5.32 Å². The number of nitrogens with one attached hydrogen (secondary N) is 1. The first-order chi connectivity index (χ1) is 10.2. The van der Waals surface area contributed by atoms with Gasteiger partial charge in [0.2, 0.25) is 0 Å². The van der Waals surface area contributed by atoms with Crippen molar-refractivity contribution in [1.29, 1.82) is 0 Å². The molecule has 2 aromatic rings. The van der Waals surface area contributed by atoms with Crippen molar-refractivity contribution in [2.24, 2.45) is 0 Å². The van der Waals surface area contributed by atoms with E-state index in [2.05, 4.69) is 19.2 Å². The lowest BCUT2D eigenvalue weighted by Gasteiger charge is -2.09. The SMILES string of the molecule is CCc1nn(-c2cccc(F)c2)c(CC)c1CNC1CC1. The fourth-order valence-electron chi connectivity index (χ4n) is 2.74. The summed E-state index contributed by atoms with van der Waals surface area (Å²) >= 11 is 0. The van der Waals surface area contributed by atoms with E-state index < -0.39 is 0 Å². The van der Waals surface area contributed by atoms with Crippen LogP contribution in [0.3, 0.4) is 0 Å². The number of nitrogens with zero attached hydrogens (tertiary/aromatic N) is 2. The standard InChI is InChI=1S/C17H22FN3/c1-3-16-15(11-19-13-8-9-13)17(4-2)21(20-16)14-7-5-6-12(18)10-14/h5-7,10,13,19H,3-4,8-9,11H2,1-2H3. The zero-order valence-electron chi connectivity index (χ0n) is 12.7. The number of rotatable bonds is 6. The monoisotopic (exact) mass is 287 g/mol. The Morgan fingerprint density at radius 3 is 2.71 bits per heavy atom. The maximum atomic E-state index is 13.5. The third-order valence-electron chi connectivity index (χ3n) is 4.04. The highest BCUT2D eigenvalue weighted by Gasteiger charge is 2.23. The fraction of sp³-hybridized carbons (Fsp3) is 0.471. The predicted molar refractivity (Wildman–Crippen MR) is 82.1 cm³/mol. The molecule has 1 fully saturated rings. The van der Waals surface area contributed by atoms with Gasteiger partial charge in [0.15, 0.2) is 0 Å². The van der Waals surface area contributed by atoms with E-state index in [1.54, 1.807) is 12.1 Å². The number of hydrogen-bond donors (Lipinski definition) is 1. The van der Waals surface area contributed by atoms with Gasteiger partial charge in [-0.25, -0.2) is 9.07 Å². The summed E-state index contributed by atoms with van der Waals surface area (Å²) in [6.45, 7) is 5.12. The van der Waals surface area contributed by atoms with Gasteiger partial charge in [0.05, 0.1) is 11.4 Å². The first kappa shape index (κ1) is 14.3. The highest BCUT2D eigenvalue weighted by atomic mass is 19.1. The normalized spacial score (nSPS) is 14.6. The molecule has 1 saturated carbocycles. The largest absolute Gasteiger partial charge is 0.310 e.